The maximum absolute atomic E-state index is 12.4. The molecule has 1 saturated heterocycles. The summed E-state index contributed by atoms with van der Waals surface area (Å²) in [5, 5.41) is 0. The number of likely N-dealkylation sites (tertiary alicyclic amines) is 1. The van der Waals surface area contributed by atoms with E-state index in [4.69, 9.17) is 5.73 Å². The summed E-state index contributed by atoms with van der Waals surface area (Å²) in [4.78, 5) is 14.5. The molecule has 6 unspecified atom stereocenters. The molecule has 1 aliphatic heterocycles. The van der Waals surface area contributed by atoms with Crippen LogP contribution in [0.3, 0.4) is 0 Å². The fourth-order valence-electron chi connectivity index (χ4n) is 9.20. The number of nitrogens with two attached hydrogens (primary N) is 1. The van der Waals surface area contributed by atoms with Crippen LogP contribution in [-0.2, 0) is 4.79 Å². The molecule has 4 rings (SSSR count). The Morgan fingerprint density at radius 2 is 1.73 bits per heavy atom. The second kappa shape index (κ2) is 8.09. The van der Waals surface area contributed by atoms with Gasteiger partial charge in [0, 0.05) is 25.6 Å². The molecule has 0 spiro atoms. The summed E-state index contributed by atoms with van der Waals surface area (Å²) in [6.45, 7) is 12.4. The number of piperidine rings is 1. The predicted molar refractivity (Wildman–Crippen MR) is 125 cm³/mol. The van der Waals surface area contributed by atoms with Crippen LogP contribution in [0.2, 0.25) is 0 Å². The monoisotopic (exact) mass is 416 g/mol. The molecule has 0 aromatic carbocycles. The lowest BCUT2D eigenvalue weighted by Gasteiger charge is -2.63. The first-order valence-corrected chi connectivity index (χ1v) is 13.1. The van der Waals surface area contributed by atoms with Crippen molar-refractivity contribution in [1.82, 2.24) is 4.90 Å². The van der Waals surface area contributed by atoms with Crippen LogP contribution in [0.5, 0.6) is 0 Å². The van der Waals surface area contributed by atoms with Crippen molar-refractivity contribution in [3.05, 3.63) is 0 Å². The van der Waals surface area contributed by atoms with Crippen LogP contribution in [0.25, 0.3) is 0 Å². The van der Waals surface area contributed by atoms with Crippen molar-refractivity contribution in [3.8, 4) is 0 Å². The molecule has 0 aromatic heterocycles. The summed E-state index contributed by atoms with van der Waals surface area (Å²) in [7, 11) is 2.04. The van der Waals surface area contributed by atoms with E-state index in [0.29, 0.717) is 29.2 Å². The molecule has 1 heterocycles. The molecule has 2 N–H and O–H groups in total. The van der Waals surface area contributed by atoms with Gasteiger partial charge in [0.05, 0.1) is 0 Å². The van der Waals surface area contributed by atoms with Crippen molar-refractivity contribution in [1.29, 1.82) is 0 Å². The van der Waals surface area contributed by atoms with Crippen LogP contribution in [-0.4, -0.2) is 29.9 Å². The summed E-state index contributed by atoms with van der Waals surface area (Å²) in [6, 6.07) is 0.618. The highest BCUT2D eigenvalue weighted by Gasteiger charge is 2.63. The maximum Gasteiger partial charge on any atom is 0.222 e. The summed E-state index contributed by atoms with van der Waals surface area (Å²) in [5.41, 5.74) is 7.73. The van der Waals surface area contributed by atoms with E-state index < -0.39 is 0 Å². The highest BCUT2D eigenvalue weighted by Crippen LogP contribution is 2.67. The third-order valence-electron chi connectivity index (χ3n) is 10.9. The summed E-state index contributed by atoms with van der Waals surface area (Å²) in [6.07, 6.45) is 12.5. The fraction of sp³-hybridized carbons (Fsp3) is 0.963. The van der Waals surface area contributed by atoms with Crippen molar-refractivity contribution < 1.29 is 4.79 Å². The maximum atomic E-state index is 12.4. The minimum atomic E-state index is 0.265. The molecule has 3 heteroatoms. The SMILES string of the molecule is CC(C)CCCC(C)C1CCC2C3C(CC[C@]12C)[C@@]1(C)CCC(=O)N(C)C1C[C@@H]3N. The lowest BCUT2D eigenvalue weighted by atomic mass is 9.45. The average Bonchev–Trinajstić information content (AvgIpc) is 3.03. The number of carbonyl (C=O) groups excluding carboxylic acids is 1. The van der Waals surface area contributed by atoms with Crippen LogP contribution in [0.4, 0.5) is 0 Å². The molecule has 0 aromatic rings. The molecule has 3 aliphatic carbocycles. The van der Waals surface area contributed by atoms with Crippen molar-refractivity contribution in [2.75, 3.05) is 7.05 Å². The van der Waals surface area contributed by atoms with E-state index in [1.54, 1.807) is 0 Å². The largest absolute Gasteiger partial charge is 0.342 e. The number of carbonyl (C=O) groups is 1. The first kappa shape index (κ1) is 22.6. The fourth-order valence-corrected chi connectivity index (χ4v) is 9.20. The molecular weight excluding hydrogens is 368 g/mol. The Kier molecular flexibility index (Phi) is 6.10. The number of rotatable bonds is 5. The number of hydrogen-bond donors (Lipinski definition) is 1. The Hall–Kier alpha value is -0.570. The van der Waals surface area contributed by atoms with E-state index in [0.717, 1.165) is 42.9 Å². The first-order chi connectivity index (χ1) is 14.1. The van der Waals surface area contributed by atoms with E-state index in [2.05, 4.69) is 39.5 Å². The second-order valence-electron chi connectivity index (χ2n) is 12.7. The number of nitrogens with zero attached hydrogens (tertiary/aromatic N) is 1. The Balaban J connectivity index is 1.53. The predicted octanol–water partition coefficient (Wildman–Crippen LogP) is 5.87. The van der Waals surface area contributed by atoms with Crippen LogP contribution >= 0.6 is 0 Å². The molecule has 1 amide bonds. The summed E-state index contributed by atoms with van der Waals surface area (Å²) < 4.78 is 0. The third kappa shape index (κ3) is 3.46. The van der Waals surface area contributed by atoms with Crippen molar-refractivity contribution in [3.63, 3.8) is 0 Å². The normalized spacial score (nSPS) is 47.1. The van der Waals surface area contributed by atoms with E-state index in [1.165, 1.54) is 44.9 Å². The minimum absolute atomic E-state index is 0.265. The van der Waals surface area contributed by atoms with E-state index in [1.807, 2.05) is 7.05 Å². The summed E-state index contributed by atoms with van der Waals surface area (Å²) in [5.74, 6) is 5.05. The Morgan fingerprint density at radius 1 is 1.03 bits per heavy atom. The minimum Gasteiger partial charge on any atom is -0.342 e. The number of hydrogen-bond acceptors (Lipinski definition) is 2. The van der Waals surface area contributed by atoms with Gasteiger partial charge in [-0.2, -0.15) is 0 Å². The van der Waals surface area contributed by atoms with Gasteiger partial charge in [0.25, 0.3) is 0 Å². The first-order valence-electron chi connectivity index (χ1n) is 13.1. The Labute approximate surface area is 185 Å². The zero-order valence-electron chi connectivity index (χ0n) is 20.6. The third-order valence-corrected chi connectivity index (χ3v) is 10.9. The molecule has 4 aliphatic rings. The molecule has 172 valence electrons. The van der Waals surface area contributed by atoms with Gasteiger partial charge in [-0.3, -0.25) is 4.79 Å². The van der Waals surface area contributed by atoms with Gasteiger partial charge in [-0.25, -0.2) is 0 Å². The molecule has 3 nitrogen and oxygen atoms in total. The van der Waals surface area contributed by atoms with Crippen LogP contribution < -0.4 is 5.73 Å². The zero-order valence-corrected chi connectivity index (χ0v) is 20.6. The Bertz CT molecular complexity index is 647. The number of amides is 1. The van der Waals surface area contributed by atoms with Gasteiger partial charge >= 0.3 is 0 Å². The average molecular weight is 417 g/mol. The molecule has 9 atom stereocenters. The molecular formula is C27H48N2O. The standard InChI is InChI=1S/C27H48N2O/c1-17(2)8-7-9-18(3)19-10-11-20-25-21(12-14-26(19,20)4)27(5)15-13-24(30)29(6)23(27)16-22(25)28/h17-23,25H,7-16,28H2,1-6H3/t18?,19?,20?,21?,22-,23?,25?,26+,27+/m0/s1. The van der Waals surface area contributed by atoms with Gasteiger partial charge in [0.2, 0.25) is 5.91 Å². The number of fused-ring (bicyclic) bond motifs is 5. The van der Waals surface area contributed by atoms with Gasteiger partial charge in [0.1, 0.15) is 0 Å². The smallest absolute Gasteiger partial charge is 0.222 e. The molecule has 30 heavy (non-hydrogen) atoms. The van der Waals surface area contributed by atoms with Crippen molar-refractivity contribution in [2.45, 2.75) is 111 Å². The lowest BCUT2D eigenvalue weighted by molar-refractivity contribution is -0.161. The van der Waals surface area contributed by atoms with Gasteiger partial charge in [0.15, 0.2) is 0 Å². The van der Waals surface area contributed by atoms with Crippen molar-refractivity contribution in [2.24, 2.45) is 52.1 Å². The van der Waals surface area contributed by atoms with Gasteiger partial charge in [-0.1, -0.05) is 53.9 Å². The quantitative estimate of drug-likeness (QED) is 0.609. The van der Waals surface area contributed by atoms with E-state index >= 15 is 0 Å². The molecule has 0 radical (unpaired) electrons. The molecule has 4 fully saturated rings. The van der Waals surface area contributed by atoms with Gasteiger partial charge < -0.3 is 10.6 Å². The highest BCUT2D eigenvalue weighted by atomic mass is 16.2. The van der Waals surface area contributed by atoms with Gasteiger partial charge in [-0.05, 0) is 84.9 Å². The van der Waals surface area contributed by atoms with Crippen molar-refractivity contribution >= 4 is 5.91 Å². The van der Waals surface area contributed by atoms with E-state index in [-0.39, 0.29) is 11.5 Å². The highest BCUT2D eigenvalue weighted by molar-refractivity contribution is 5.77. The summed E-state index contributed by atoms with van der Waals surface area (Å²) >= 11 is 0. The second-order valence-corrected chi connectivity index (χ2v) is 12.7. The van der Waals surface area contributed by atoms with Crippen LogP contribution in [0.1, 0.15) is 98.8 Å². The van der Waals surface area contributed by atoms with Crippen LogP contribution in [0, 0.1) is 46.3 Å². The molecule has 3 saturated carbocycles. The topological polar surface area (TPSA) is 46.3 Å². The lowest BCUT2D eigenvalue weighted by Crippen LogP contribution is -2.66. The van der Waals surface area contributed by atoms with Crippen LogP contribution in [0.15, 0.2) is 0 Å². The molecule has 0 bridgehead atoms. The van der Waals surface area contributed by atoms with Gasteiger partial charge in [-0.15, -0.1) is 0 Å². The zero-order chi connectivity index (χ0) is 21.8. The Morgan fingerprint density at radius 3 is 2.43 bits per heavy atom. The van der Waals surface area contributed by atoms with E-state index in [9.17, 15) is 4.79 Å².